The average molecular weight is 453 g/mol. The maximum absolute atomic E-state index is 12.7. The number of Topliss-reactive ketones (excluding diaryl/α,β-unsaturated/α-hetero) is 2. The summed E-state index contributed by atoms with van der Waals surface area (Å²) in [7, 11) is 0. The molecule has 0 spiro atoms. The highest BCUT2D eigenvalue weighted by Crippen LogP contribution is 2.29. The van der Waals surface area contributed by atoms with Gasteiger partial charge < -0.3 is 4.74 Å². The summed E-state index contributed by atoms with van der Waals surface area (Å²) in [5.74, 6) is -1.06. The van der Waals surface area contributed by atoms with E-state index in [4.69, 9.17) is 4.74 Å². The normalized spacial score (nSPS) is 14.2. The van der Waals surface area contributed by atoms with Crippen molar-refractivity contribution in [1.29, 1.82) is 0 Å². The van der Waals surface area contributed by atoms with E-state index >= 15 is 0 Å². The summed E-state index contributed by atoms with van der Waals surface area (Å²) in [6.45, 7) is 2.61. The lowest BCUT2D eigenvalue weighted by atomic mass is 10.1. The number of hydrogen-bond acceptors (Lipinski definition) is 5. The molecule has 0 amide bonds. The van der Waals surface area contributed by atoms with Gasteiger partial charge in [-0.15, -0.1) is 11.3 Å². The van der Waals surface area contributed by atoms with Crippen molar-refractivity contribution < 1.29 is 19.1 Å². The molecule has 1 aromatic heterocycles. The zero-order valence-corrected chi connectivity index (χ0v) is 19.7. The number of rotatable bonds is 13. The van der Waals surface area contributed by atoms with Gasteiger partial charge in [0.25, 0.3) is 0 Å². The summed E-state index contributed by atoms with van der Waals surface area (Å²) < 4.78 is 5.39. The number of benzene rings is 1. The number of thiophene rings is 1. The number of allylic oxidation sites excluding steroid dienone is 1. The van der Waals surface area contributed by atoms with Crippen LogP contribution >= 0.6 is 11.3 Å². The Balaban J connectivity index is 1.42. The molecule has 1 aliphatic carbocycles. The molecule has 32 heavy (non-hydrogen) atoms. The van der Waals surface area contributed by atoms with Gasteiger partial charge in [-0.3, -0.25) is 9.59 Å². The molecule has 0 saturated carbocycles. The minimum absolute atomic E-state index is 0.151. The van der Waals surface area contributed by atoms with Crippen LogP contribution in [0.1, 0.15) is 107 Å². The SMILES string of the molecule is CCCCCCCCCCCCOC(=O)c1ccc2c(c1)C(=O)C(=Cc1cccs1)C2=O. The predicted octanol–water partition coefficient (Wildman–Crippen LogP) is 7.29. The van der Waals surface area contributed by atoms with Gasteiger partial charge in [0, 0.05) is 16.0 Å². The van der Waals surface area contributed by atoms with Crippen LogP contribution in [0.15, 0.2) is 41.3 Å². The molecule has 0 bridgehead atoms. The molecule has 170 valence electrons. The fourth-order valence-electron chi connectivity index (χ4n) is 3.93. The summed E-state index contributed by atoms with van der Waals surface area (Å²) >= 11 is 1.47. The lowest BCUT2D eigenvalue weighted by molar-refractivity contribution is 0.0497. The minimum Gasteiger partial charge on any atom is -0.462 e. The van der Waals surface area contributed by atoms with E-state index in [1.165, 1.54) is 68.8 Å². The third-order valence-corrected chi connectivity index (χ3v) is 6.61. The maximum Gasteiger partial charge on any atom is 0.338 e. The number of esters is 1. The molecule has 1 heterocycles. The van der Waals surface area contributed by atoms with Gasteiger partial charge in [-0.05, 0) is 42.1 Å². The number of carbonyl (C=O) groups is 3. The van der Waals surface area contributed by atoms with Gasteiger partial charge >= 0.3 is 5.97 Å². The Hall–Kier alpha value is -2.53. The Morgan fingerprint density at radius 3 is 2.19 bits per heavy atom. The van der Waals surface area contributed by atoms with Crippen LogP contribution in [-0.2, 0) is 4.74 Å². The van der Waals surface area contributed by atoms with Crippen molar-refractivity contribution in [3.63, 3.8) is 0 Å². The molecule has 5 heteroatoms. The van der Waals surface area contributed by atoms with Crippen LogP contribution in [0.25, 0.3) is 6.08 Å². The van der Waals surface area contributed by atoms with Crippen molar-refractivity contribution in [3.8, 4) is 0 Å². The van der Waals surface area contributed by atoms with E-state index in [1.807, 2.05) is 17.5 Å². The van der Waals surface area contributed by atoms with Gasteiger partial charge in [0.15, 0.2) is 11.6 Å². The Bertz CT molecular complexity index is 956. The zero-order valence-electron chi connectivity index (χ0n) is 18.9. The van der Waals surface area contributed by atoms with Crippen LogP contribution < -0.4 is 0 Å². The molecule has 3 rings (SSSR count). The van der Waals surface area contributed by atoms with Crippen LogP contribution in [-0.4, -0.2) is 24.1 Å². The molecule has 0 fully saturated rings. The van der Waals surface area contributed by atoms with E-state index in [0.29, 0.717) is 17.7 Å². The van der Waals surface area contributed by atoms with E-state index in [1.54, 1.807) is 18.2 Å². The fourth-order valence-corrected chi connectivity index (χ4v) is 4.59. The quantitative estimate of drug-likeness (QED) is 0.139. The standard InChI is InChI=1S/C27H32O4S/c1-2-3-4-5-6-7-8-9-10-11-16-31-27(30)20-14-15-22-23(18-20)26(29)24(25(22)28)19-21-13-12-17-32-21/h12-15,17-19H,2-11,16H2,1H3. The first-order valence-electron chi connectivity index (χ1n) is 11.8. The zero-order chi connectivity index (χ0) is 22.8. The highest BCUT2D eigenvalue weighted by molar-refractivity contribution is 7.10. The molecular weight excluding hydrogens is 420 g/mol. The lowest BCUT2D eigenvalue weighted by Gasteiger charge is -2.06. The molecule has 0 radical (unpaired) electrons. The second-order valence-corrected chi connectivity index (χ2v) is 9.29. The third-order valence-electron chi connectivity index (χ3n) is 5.79. The van der Waals surface area contributed by atoms with Gasteiger partial charge in [0.1, 0.15) is 0 Å². The first kappa shape index (κ1) is 24.1. The molecule has 0 N–H and O–H groups in total. The van der Waals surface area contributed by atoms with Crippen LogP contribution in [0.2, 0.25) is 0 Å². The van der Waals surface area contributed by atoms with Gasteiger partial charge in [-0.25, -0.2) is 4.79 Å². The van der Waals surface area contributed by atoms with E-state index in [9.17, 15) is 14.4 Å². The van der Waals surface area contributed by atoms with Crippen molar-refractivity contribution in [3.05, 3.63) is 62.9 Å². The lowest BCUT2D eigenvalue weighted by Crippen LogP contribution is -2.08. The predicted molar refractivity (Wildman–Crippen MR) is 130 cm³/mol. The second kappa shape index (κ2) is 12.5. The number of ether oxygens (including phenoxy) is 1. The average Bonchev–Trinajstić information content (AvgIpc) is 3.40. The van der Waals surface area contributed by atoms with Crippen LogP contribution in [0.4, 0.5) is 0 Å². The summed E-state index contributed by atoms with van der Waals surface area (Å²) in [4.78, 5) is 38.6. The fraction of sp³-hybridized carbons (Fsp3) is 0.444. The monoisotopic (exact) mass is 452 g/mol. The Labute approximate surface area is 194 Å². The first-order chi connectivity index (χ1) is 15.6. The summed E-state index contributed by atoms with van der Waals surface area (Å²) in [6, 6.07) is 8.35. The van der Waals surface area contributed by atoms with Gasteiger partial charge in [-0.1, -0.05) is 70.8 Å². The maximum atomic E-state index is 12.7. The number of unbranched alkanes of at least 4 members (excludes halogenated alkanes) is 9. The van der Waals surface area contributed by atoms with E-state index in [2.05, 4.69) is 6.92 Å². The molecule has 0 saturated heterocycles. The molecule has 0 aliphatic heterocycles. The molecule has 0 atom stereocenters. The molecule has 0 unspecified atom stereocenters. The van der Waals surface area contributed by atoms with Crippen molar-refractivity contribution in [1.82, 2.24) is 0 Å². The Morgan fingerprint density at radius 2 is 1.53 bits per heavy atom. The van der Waals surface area contributed by atoms with E-state index in [-0.39, 0.29) is 22.7 Å². The van der Waals surface area contributed by atoms with Crippen LogP contribution in [0.5, 0.6) is 0 Å². The van der Waals surface area contributed by atoms with Crippen LogP contribution in [0.3, 0.4) is 0 Å². The third kappa shape index (κ3) is 6.49. The molecular formula is C27H32O4S. The van der Waals surface area contributed by atoms with E-state index < -0.39 is 5.97 Å². The second-order valence-electron chi connectivity index (χ2n) is 8.31. The number of carbonyl (C=O) groups excluding carboxylic acids is 3. The minimum atomic E-state index is -0.445. The number of ketones is 2. The molecule has 1 aromatic carbocycles. The Morgan fingerprint density at radius 1 is 0.875 bits per heavy atom. The topological polar surface area (TPSA) is 60.4 Å². The van der Waals surface area contributed by atoms with Crippen LogP contribution in [0, 0.1) is 0 Å². The highest BCUT2D eigenvalue weighted by Gasteiger charge is 2.33. The van der Waals surface area contributed by atoms with E-state index in [0.717, 1.165) is 17.7 Å². The summed E-state index contributed by atoms with van der Waals surface area (Å²) in [5.41, 5.74) is 1.10. The van der Waals surface area contributed by atoms with Crippen molar-refractivity contribution in [2.75, 3.05) is 6.61 Å². The molecule has 2 aromatic rings. The number of hydrogen-bond donors (Lipinski definition) is 0. The molecule has 1 aliphatic rings. The van der Waals surface area contributed by atoms with Crippen molar-refractivity contribution >= 4 is 34.9 Å². The largest absolute Gasteiger partial charge is 0.462 e. The smallest absolute Gasteiger partial charge is 0.338 e. The van der Waals surface area contributed by atoms with Gasteiger partial charge in [0.2, 0.25) is 0 Å². The van der Waals surface area contributed by atoms with Crippen molar-refractivity contribution in [2.24, 2.45) is 0 Å². The van der Waals surface area contributed by atoms with Gasteiger partial charge in [0.05, 0.1) is 17.7 Å². The van der Waals surface area contributed by atoms with Gasteiger partial charge in [-0.2, -0.15) is 0 Å². The first-order valence-corrected chi connectivity index (χ1v) is 12.7. The summed E-state index contributed by atoms with van der Waals surface area (Å²) in [5, 5.41) is 1.90. The number of fused-ring (bicyclic) bond motifs is 1. The summed E-state index contributed by atoms with van der Waals surface area (Å²) in [6.07, 6.45) is 13.8. The highest BCUT2D eigenvalue weighted by atomic mass is 32.1. The Kier molecular flexibility index (Phi) is 9.42. The van der Waals surface area contributed by atoms with Crippen molar-refractivity contribution in [2.45, 2.75) is 71.1 Å². The molecule has 4 nitrogen and oxygen atoms in total.